The molecule has 2 aromatic carbocycles. The summed E-state index contributed by atoms with van der Waals surface area (Å²) in [5.74, 6) is 0.0568. The highest BCUT2D eigenvalue weighted by molar-refractivity contribution is 7.87. The fraction of sp³-hybridized carbons (Fsp3) is 0.500. The fourth-order valence-electron chi connectivity index (χ4n) is 3.55. The average Bonchev–Trinajstić information content (AvgIpc) is 2.83. The molecule has 0 aliphatic carbocycles. The number of rotatable bonds is 15. The maximum absolute atomic E-state index is 12.9. The van der Waals surface area contributed by atoms with Crippen LogP contribution in [0.15, 0.2) is 60.7 Å². The van der Waals surface area contributed by atoms with Crippen molar-refractivity contribution in [2.24, 2.45) is 5.92 Å². The van der Waals surface area contributed by atoms with Crippen LogP contribution in [-0.2, 0) is 28.0 Å². The van der Waals surface area contributed by atoms with E-state index in [0.717, 1.165) is 24.0 Å². The highest BCUT2D eigenvalue weighted by atomic mass is 32.2. The minimum absolute atomic E-state index is 0.0568. The van der Waals surface area contributed by atoms with Crippen molar-refractivity contribution in [2.75, 3.05) is 19.6 Å². The van der Waals surface area contributed by atoms with E-state index in [4.69, 9.17) is 4.74 Å². The predicted octanol–water partition coefficient (Wildman–Crippen LogP) is 3.48. The number of amides is 1. The Balaban J connectivity index is 2.13. The third kappa shape index (κ3) is 10.8. The molecule has 0 unspecified atom stereocenters. The van der Waals surface area contributed by atoms with Crippen LogP contribution >= 0.6 is 0 Å². The molecule has 2 aromatic rings. The van der Waals surface area contributed by atoms with Crippen LogP contribution in [0.4, 0.5) is 4.79 Å². The normalized spacial score (nSPS) is 13.5. The van der Waals surface area contributed by atoms with Crippen LogP contribution in [0.2, 0.25) is 0 Å². The molecule has 3 N–H and O–H groups in total. The lowest BCUT2D eigenvalue weighted by Gasteiger charge is -2.30. The zero-order chi connectivity index (χ0) is 25.7. The van der Waals surface area contributed by atoms with E-state index in [1.54, 1.807) is 0 Å². The van der Waals surface area contributed by atoms with Crippen LogP contribution in [-0.4, -0.2) is 55.7 Å². The molecule has 0 radical (unpaired) electrons. The standard InChI is InChI=1S/C26H39N3O5S/c1-4-5-16-27-35(32,33)29(18-21(2)3)19-25(30)24(17-22-12-8-6-9-13-22)28-26(31)34-20-23-14-10-7-11-15-23/h6-15,21,24-25,27,30H,4-5,16-20H2,1-3H3,(H,28,31)/t24-,25+/m0/s1. The number of hydrogen-bond donors (Lipinski definition) is 3. The van der Waals surface area contributed by atoms with Gasteiger partial charge in [0.15, 0.2) is 0 Å². The molecule has 2 rings (SSSR count). The van der Waals surface area contributed by atoms with Crippen molar-refractivity contribution >= 4 is 16.3 Å². The minimum Gasteiger partial charge on any atom is -0.445 e. The number of alkyl carbamates (subject to hydrolysis) is 1. The van der Waals surface area contributed by atoms with Crippen LogP contribution in [0.3, 0.4) is 0 Å². The Morgan fingerprint density at radius 3 is 2.17 bits per heavy atom. The van der Waals surface area contributed by atoms with Gasteiger partial charge in [0.05, 0.1) is 12.1 Å². The molecule has 0 spiro atoms. The lowest BCUT2D eigenvalue weighted by atomic mass is 10.0. The summed E-state index contributed by atoms with van der Waals surface area (Å²) in [4.78, 5) is 12.6. The zero-order valence-corrected chi connectivity index (χ0v) is 21.7. The number of nitrogens with one attached hydrogen (secondary N) is 2. The van der Waals surface area contributed by atoms with Gasteiger partial charge in [-0.05, 0) is 29.9 Å². The molecule has 0 aliphatic rings. The van der Waals surface area contributed by atoms with Gasteiger partial charge in [-0.3, -0.25) is 0 Å². The first-order valence-corrected chi connectivity index (χ1v) is 13.6. The van der Waals surface area contributed by atoms with E-state index in [1.165, 1.54) is 4.31 Å². The molecule has 0 saturated heterocycles. The van der Waals surface area contributed by atoms with E-state index >= 15 is 0 Å². The van der Waals surface area contributed by atoms with Crippen molar-refractivity contribution in [3.05, 3.63) is 71.8 Å². The summed E-state index contributed by atoms with van der Waals surface area (Å²) < 4.78 is 35.1. The predicted molar refractivity (Wildman–Crippen MR) is 138 cm³/mol. The van der Waals surface area contributed by atoms with Crippen LogP contribution in [0.25, 0.3) is 0 Å². The molecule has 0 aromatic heterocycles. The molecule has 1 amide bonds. The van der Waals surface area contributed by atoms with E-state index < -0.39 is 28.4 Å². The van der Waals surface area contributed by atoms with Gasteiger partial charge < -0.3 is 15.2 Å². The second kappa shape index (κ2) is 14.8. The molecule has 0 bridgehead atoms. The van der Waals surface area contributed by atoms with Gasteiger partial charge in [0, 0.05) is 19.6 Å². The summed E-state index contributed by atoms with van der Waals surface area (Å²) in [6, 6.07) is 18.0. The summed E-state index contributed by atoms with van der Waals surface area (Å²) in [6.45, 7) is 6.34. The van der Waals surface area contributed by atoms with Crippen LogP contribution < -0.4 is 10.0 Å². The molecule has 194 valence electrons. The van der Waals surface area contributed by atoms with Gasteiger partial charge in [0.2, 0.25) is 0 Å². The van der Waals surface area contributed by atoms with Crippen molar-refractivity contribution in [3.63, 3.8) is 0 Å². The number of nitrogens with zero attached hydrogens (tertiary/aromatic N) is 1. The van der Waals surface area contributed by atoms with E-state index in [0.29, 0.717) is 13.0 Å². The maximum Gasteiger partial charge on any atom is 0.407 e. The largest absolute Gasteiger partial charge is 0.445 e. The third-order valence-electron chi connectivity index (χ3n) is 5.39. The third-order valence-corrected chi connectivity index (χ3v) is 6.94. The van der Waals surface area contributed by atoms with Crippen molar-refractivity contribution in [1.82, 2.24) is 14.3 Å². The summed E-state index contributed by atoms with van der Waals surface area (Å²) in [5.41, 5.74) is 1.74. The minimum atomic E-state index is -3.79. The van der Waals surface area contributed by atoms with E-state index in [2.05, 4.69) is 10.0 Å². The highest BCUT2D eigenvalue weighted by Crippen LogP contribution is 2.12. The summed E-state index contributed by atoms with van der Waals surface area (Å²) in [7, 11) is -3.79. The Morgan fingerprint density at radius 1 is 1.00 bits per heavy atom. The summed E-state index contributed by atoms with van der Waals surface area (Å²) in [6.07, 6.45) is 0.0854. The molecule has 0 heterocycles. The first kappa shape index (κ1) is 28.8. The molecule has 35 heavy (non-hydrogen) atoms. The fourth-order valence-corrected chi connectivity index (χ4v) is 4.98. The van der Waals surface area contributed by atoms with Gasteiger partial charge in [0.25, 0.3) is 10.2 Å². The van der Waals surface area contributed by atoms with Crippen molar-refractivity contribution in [3.8, 4) is 0 Å². The van der Waals surface area contributed by atoms with Gasteiger partial charge in [-0.1, -0.05) is 87.9 Å². The lowest BCUT2D eigenvalue weighted by molar-refractivity contribution is 0.0871. The smallest absolute Gasteiger partial charge is 0.407 e. The Kier molecular flexibility index (Phi) is 12.2. The molecule has 8 nitrogen and oxygen atoms in total. The number of aliphatic hydroxyl groups is 1. The first-order valence-electron chi connectivity index (χ1n) is 12.1. The zero-order valence-electron chi connectivity index (χ0n) is 20.9. The number of aliphatic hydroxyl groups excluding tert-OH is 1. The second-order valence-electron chi connectivity index (χ2n) is 9.03. The Bertz CT molecular complexity index is 971. The van der Waals surface area contributed by atoms with E-state index in [9.17, 15) is 18.3 Å². The quantitative estimate of drug-likeness (QED) is 0.321. The Hall–Kier alpha value is -2.46. The van der Waals surface area contributed by atoms with Crippen LogP contribution in [0.1, 0.15) is 44.7 Å². The number of benzene rings is 2. The SMILES string of the molecule is CCCCNS(=O)(=O)N(CC(C)C)C[C@@H](O)[C@H](Cc1ccccc1)NC(=O)OCc1ccccc1. The maximum atomic E-state index is 12.9. The van der Waals surface area contributed by atoms with Gasteiger partial charge >= 0.3 is 6.09 Å². The summed E-state index contributed by atoms with van der Waals surface area (Å²) in [5, 5.41) is 13.9. The Labute approximate surface area is 209 Å². The Morgan fingerprint density at radius 2 is 1.60 bits per heavy atom. The van der Waals surface area contributed by atoms with Crippen LogP contribution in [0.5, 0.6) is 0 Å². The molecule has 0 fully saturated rings. The highest BCUT2D eigenvalue weighted by Gasteiger charge is 2.30. The molecular formula is C26H39N3O5S. The molecule has 0 aliphatic heterocycles. The van der Waals surface area contributed by atoms with Crippen LogP contribution in [0, 0.1) is 5.92 Å². The number of ether oxygens (including phenoxy) is 1. The second-order valence-corrected chi connectivity index (χ2v) is 10.8. The number of hydrogen-bond acceptors (Lipinski definition) is 5. The van der Waals surface area contributed by atoms with Gasteiger partial charge in [-0.25, -0.2) is 9.52 Å². The molecule has 0 saturated carbocycles. The molecular weight excluding hydrogens is 466 g/mol. The number of carbonyl (C=O) groups excluding carboxylic acids is 1. The van der Waals surface area contributed by atoms with Crippen molar-refractivity contribution in [2.45, 2.75) is 58.8 Å². The first-order chi connectivity index (χ1) is 16.7. The number of carbonyl (C=O) groups is 1. The van der Waals surface area contributed by atoms with Gasteiger partial charge in [0.1, 0.15) is 6.61 Å². The van der Waals surface area contributed by atoms with Crippen molar-refractivity contribution in [1.29, 1.82) is 0 Å². The van der Waals surface area contributed by atoms with Gasteiger partial charge in [-0.2, -0.15) is 12.7 Å². The van der Waals surface area contributed by atoms with Gasteiger partial charge in [-0.15, -0.1) is 0 Å². The monoisotopic (exact) mass is 505 g/mol. The summed E-state index contributed by atoms with van der Waals surface area (Å²) >= 11 is 0. The molecule has 2 atom stereocenters. The topological polar surface area (TPSA) is 108 Å². The van der Waals surface area contributed by atoms with E-state index in [-0.39, 0.29) is 25.6 Å². The molecule has 9 heteroatoms. The van der Waals surface area contributed by atoms with E-state index in [1.807, 2.05) is 81.4 Å². The van der Waals surface area contributed by atoms with Crippen molar-refractivity contribution < 1.29 is 23.1 Å². The number of unbranched alkanes of at least 4 members (excludes halogenated alkanes) is 1. The average molecular weight is 506 g/mol. The lowest BCUT2D eigenvalue weighted by Crippen LogP contribution is -2.53.